The van der Waals surface area contributed by atoms with E-state index >= 15 is 0 Å². The molecule has 1 amide bonds. The number of aromatic nitrogens is 2. The van der Waals surface area contributed by atoms with E-state index in [2.05, 4.69) is 15.3 Å². The maximum atomic E-state index is 12.2. The van der Waals surface area contributed by atoms with Gasteiger partial charge in [0.1, 0.15) is 0 Å². The summed E-state index contributed by atoms with van der Waals surface area (Å²) in [7, 11) is 0. The number of para-hydroxylation sites is 2. The van der Waals surface area contributed by atoms with Gasteiger partial charge >= 0.3 is 0 Å². The van der Waals surface area contributed by atoms with Crippen LogP contribution in [-0.4, -0.2) is 46.3 Å². The molecule has 110 valence electrons. The summed E-state index contributed by atoms with van der Waals surface area (Å²) in [6, 6.07) is 6.55. The van der Waals surface area contributed by atoms with E-state index in [-0.39, 0.29) is 12.3 Å². The maximum absolute atomic E-state index is 12.2. The Kier molecular flexibility index (Phi) is 3.68. The Hall–Kier alpha value is -2.25. The Morgan fingerprint density at radius 1 is 1.43 bits per heavy atom. The second-order valence-corrected chi connectivity index (χ2v) is 4.94. The summed E-state index contributed by atoms with van der Waals surface area (Å²) in [5, 5.41) is 12.4. The Morgan fingerprint density at radius 3 is 3.05 bits per heavy atom. The number of benzene rings is 1. The minimum atomic E-state index is -0.776. The zero-order valence-electron chi connectivity index (χ0n) is 11.2. The third-order valence-corrected chi connectivity index (χ3v) is 3.46. The van der Waals surface area contributed by atoms with Gasteiger partial charge in [-0.2, -0.15) is 0 Å². The number of aliphatic hydroxyl groups excluding tert-OH is 1. The number of H-pyrrole nitrogens is 1. The number of nitrogens with zero attached hydrogens (tertiary/aromatic N) is 1. The quantitative estimate of drug-likeness (QED) is 0.710. The fourth-order valence-electron chi connectivity index (χ4n) is 2.31. The van der Waals surface area contributed by atoms with Crippen molar-refractivity contribution in [1.82, 2.24) is 15.3 Å². The minimum absolute atomic E-state index is 0.173. The van der Waals surface area contributed by atoms with Gasteiger partial charge in [0.2, 0.25) is 0 Å². The molecule has 3 rings (SSSR count). The second kappa shape index (κ2) is 5.63. The number of aromatic amines is 1. The van der Waals surface area contributed by atoms with Gasteiger partial charge in [-0.3, -0.25) is 9.59 Å². The average Bonchev–Trinajstić information content (AvgIpc) is 2.49. The molecule has 0 bridgehead atoms. The Balaban J connectivity index is 1.87. The van der Waals surface area contributed by atoms with E-state index in [1.165, 1.54) is 0 Å². The van der Waals surface area contributed by atoms with Gasteiger partial charge in [0.05, 0.1) is 29.8 Å². The number of carbonyl (C=O) groups excluding carboxylic acids is 1. The number of amides is 1. The molecule has 21 heavy (non-hydrogen) atoms. The van der Waals surface area contributed by atoms with E-state index < -0.39 is 23.6 Å². The number of hydrogen-bond acceptors (Lipinski definition) is 5. The summed E-state index contributed by atoms with van der Waals surface area (Å²) in [5.74, 6) is -0.590. The van der Waals surface area contributed by atoms with Crippen LogP contribution in [0.5, 0.6) is 0 Å². The molecule has 2 heterocycles. The molecule has 0 unspecified atom stereocenters. The second-order valence-electron chi connectivity index (χ2n) is 4.94. The summed E-state index contributed by atoms with van der Waals surface area (Å²) >= 11 is 0. The van der Waals surface area contributed by atoms with E-state index in [0.717, 1.165) is 0 Å². The van der Waals surface area contributed by atoms with Gasteiger partial charge in [-0.15, -0.1) is 0 Å². The van der Waals surface area contributed by atoms with Crippen LogP contribution in [-0.2, 0) is 4.74 Å². The SMILES string of the molecule is O=C(N[C@@H]1CCOC[C@H]1O)c1nc2ccccc2[nH]c1=O. The van der Waals surface area contributed by atoms with Gasteiger partial charge < -0.3 is 20.1 Å². The molecular weight excluding hydrogens is 274 g/mol. The predicted octanol–water partition coefficient (Wildman–Crippen LogP) is -0.197. The standard InChI is InChI=1S/C14H15N3O4/c18-11-7-21-6-5-10(11)17-14(20)12-13(19)16-9-4-2-1-3-8(9)15-12/h1-4,10-11,18H,5-7H2,(H,16,19)(H,17,20)/t10-,11-/m1/s1. The number of ether oxygens (including phenoxy) is 1. The molecule has 1 aliphatic rings. The third kappa shape index (κ3) is 2.79. The van der Waals surface area contributed by atoms with Crippen molar-refractivity contribution in [3.05, 3.63) is 40.3 Å². The normalized spacial score (nSPS) is 22.1. The number of fused-ring (bicyclic) bond motifs is 1. The fraction of sp³-hybridized carbons (Fsp3) is 0.357. The molecule has 2 aromatic rings. The third-order valence-electron chi connectivity index (χ3n) is 3.46. The van der Waals surface area contributed by atoms with Crippen LogP contribution < -0.4 is 10.9 Å². The number of hydrogen-bond donors (Lipinski definition) is 3. The van der Waals surface area contributed by atoms with Crippen LogP contribution >= 0.6 is 0 Å². The molecule has 7 nitrogen and oxygen atoms in total. The van der Waals surface area contributed by atoms with Crippen molar-refractivity contribution in [3.63, 3.8) is 0 Å². The molecule has 0 radical (unpaired) electrons. The maximum Gasteiger partial charge on any atom is 0.280 e. The highest BCUT2D eigenvalue weighted by atomic mass is 16.5. The molecule has 0 saturated carbocycles. The van der Waals surface area contributed by atoms with Gasteiger partial charge in [-0.05, 0) is 18.6 Å². The highest BCUT2D eigenvalue weighted by Gasteiger charge is 2.26. The summed E-state index contributed by atoms with van der Waals surface area (Å²) in [5.41, 5.74) is 0.361. The summed E-state index contributed by atoms with van der Waals surface area (Å²) in [6.45, 7) is 0.635. The first-order valence-electron chi connectivity index (χ1n) is 6.71. The minimum Gasteiger partial charge on any atom is -0.389 e. The first-order chi connectivity index (χ1) is 10.1. The lowest BCUT2D eigenvalue weighted by molar-refractivity contribution is -0.0261. The van der Waals surface area contributed by atoms with E-state index in [0.29, 0.717) is 24.1 Å². The zero-order valence-corrected chi connectivity index (χ0v) is 11.2. The van der Waals surface area contributed by atoms with Crippen molar-refractivity contribution in [2.75, 3.05) is 13.2 Å². The van der Waals surface area contributed by atoms with Crippen LogP contribution in [0.3, 0.4) is 0 Å². The topological polar surface area (TPSA) is 104 Å². The summed E-state index contributed by atoms with van der Waals surface area (Å²) < 4.78 is 5.10. The van der Waals surface area contributed by atoms with Crippen LogP contribution in [0.15, 0.2) is 29.1 Å². The first-order valence-corrected chi connectivity index (χ1v) is 6.71. The van der Waals surface area contributed by atoms with Crippen LogP contribution in [0.4, 0.5) is 0 Å². The first kappa shape index (κ1) is 13.7. The van der Waals surface area contributed by atoms with Crippen LogP contribution in [0.25, 0.3) is 11.0 Å². The highest BCUT2D eigenvalue weighted by Crippen LogP contribution is 2.09. The van der Waals surface area contributed by atoms with E-state index in [9.17, 15) is 14.7 Å². The van der Waals surface area contributed by atoms with Gasteiger partial charge in [0.25, 0.3) is 11.5 Å². The van der Waals surface area contributed by atoms with Crippen molar-refractivity contribution in [1.29, 1.82) is 0 Å². The lowest BCUT2D eigenvalue weighted by atomic mass is 10.1. The van der Waals surface area contributed by atoms with E-state index in [1.54, 1.807) is 24.3 Å². The Morgan fingerprint density at radius 2 is 2.24 bits per heavy atom. The molecule has 1 aromatic heterocycles. The molecular formula is C14H15N3O4. The fourth-order valence-corrected chi connectivity index (χ4v) is 2.31. The van der Waals surface area contributed by atoms with Crippen molar-refractivity contribution in [3.8, 4) is 0 Å². The lowest BCUT2D eigenvalue weighted by Crippen LogP contribution is -2.49. The number of nitrogens with one attached hydrogen (secondary N) is 2. The van der Waals surface area contributed by atoms with Gasteiger partial charge in [0.15, 0.2) is 5.69 Å². The molecule has 1 aromatic carbocycles. The molecule has 0 aliphatic carbocycles. The van der Waals surface area contributed by atoms with Crippen molar-refractivity contribution in [2.45, 2.75) is 18.6 Å². The van der Waals surface area contributed by atoms with E-state index in [1.807, 2.05) is 0 Å². The van der Waals surface area contributed by atoms with Gasteiger partial charge in [0, 0.05) is 6.61 Å². The largest absolute Gasteiger partial charge is 0.389 e. The Labute approximate surface area is 120 Å². The summed E-state index contributed by atoms with van der Waals surface area (Å²) in [4.78, 5) is 30.8. The molecule has 1 aliphatic heterocycles. The number of aliphatic hydroxyl groups is 1. The molecule has 1 saturated heterocycles. The molecule has 2 atom stereocenters. The number of rotatable bonds is 2. The van der Waals surface area contributed by atoms with E-state index in [4.69, 9.17) is 4.74 Å². The van der Waals surface area contributed by atoms with Crippen LogP contribution in [0.1, 0.15) is 16.9 Å². The molecule has 3 N–H and O–H groups in total. The summed E-state index contributed by atoms with van der Waals surface area (Å²) in [6.07, 6.45) is -0.277. The molecule has 7 heteroatoms. The smallest absolute Gasteiger partial charge is 0.280 e. The van der Waals surface area contributed by atoms with Crippen LogP contribution in [0, 0.1) is 0 Å². The Bertz CT molecular complexity index is 727. The zero-order chi connectivity index (χ0) is 14.8. The number of carbonyl (C=O) groups is 1. The molecule has 1 fully saturated rings. The molecule has 0 spiro atoms. The van der Waals surface area contributed by atoms with Gasteiger partial charge in [-0.1, -0.05) is 12.1 Å². The average molecular weight is 289 g/mol. The van der Waals surface area contributed by atoms with Crippen molar-refractivity contribution >= 4 is 16.9 Å². The van der Waals surface area contributed by atoms with Crippen molar-refractivity contribution < 1.29 is 14.6 Å². The monoisotopic (exact) mass is 289 g/mol. The van der Waals surface area contributed by atoms with Crippen LogP contribution in [0.2, 0.25) is 0 Å². The lowest BCUT2D eigenvalue weighted by Gasteiger charge is -2.28. The van der Waals surface area contributed by atoms with Gasteiger partial charge in [-0.25, -0.2) is 4.98 Å². The highest BCUT2D eigenvalue weighted by molar-refractivity contribution is 5.93. The van der Waals surface area contributed by atoms with Crippen molar-refractivity contribution in [2.24, 2.45) is 0 Å². The predicted molar refractivity (Wildman–Crippen MR) is 75.1 cm³/mol.